The highest BCUT2D eigenvalue weighted by molar-refractivity contribution is 6.11. The molecule has 1 N–H and O–H groups in total. The minimum Gasteiger partial charge on any atom is -0.323 e. The number of hydrogen-bond donors (Lipinski definition) is 1. The van der Waals surface area contributed by atoms with Gasteiger partial charge in [0.1, 0.15) is 11.4 Å². The number of aryl methyl sites for hydroxylation is 1. The molecule has 2 aliphatic rings. The van der Waals surface area contributed by atoms with Crippen LogP contribution in [0.4, 0.5) is 9.18 Å². The Bertz CT molecular complexity index is 989. The van der Waals surface area contributed by atoms with Crippen LogP contribution in [0, 0.1) is 19.7 Å². The summed E-state index contributed by atoms with van der Waals surface area (Å²) >= 11 is 0. The zero-order chi connectivity index (χ0) is 20.1. The van der Waals surface area contributed by atoms with Crippen LogP contribution in [0.1, 0.15) is 47.4 Å². The average molecular weight is 383 g/mol. The standard InChI is InChI=1S/C21H22FN3O3/c1-13-10-17(14(2)25(13)16-7-5-6-15(22)11-16)18(26)12-24-19(27)21(23-20(24)28)8-3-4-9-21/h5-7,10-11H,3-4,8-9,12H2,1-2H3,(H,23,28). The van der Waals surface area contributed by atoms with Crippen LogP contribution in [0.3, 0.4) is 0 Å². The number of carbonyl (C=O) groups is 3. The fourth-order valence-electron chi connectivity index (χ4n) is 4.42. The van der Waals surface area contributed by atoms with Gasteiger partial charge in [-0.3, -0.25) is 14.5 Å². The largest absolute Gasteiger partial charge is 0.325 e. The quantitative estimate of drug-likeness (QED) is 0.651. The summed E-state index contributed by atoms with van der Waals surface area (Å²) in [4.78, 5) is 39.0. The summed E-state index contributed by atoms with van der Waals surface area (Å²) in [5.74, 6) is -0.976. The lowest BCUT2D eigenvalue weighted by Gasteiger charge is -2.19. The van der Waals surface area contributed by atoms with Crippen LogP contribution in [-0.2, 0) is 4.79 Å². The smallest absolute Gasteiger partial charge is 0.323 e. The van der Waals surface area contributed by atoms with Crippen LogP contribution < -0.4 is 5.32 Å². The Balaban J connectivity index is 1.60. The van der Waals surface area contributed by atoms with Crippen LogP contribution in [0.25, 0.3) is 5.69 Å². The van der Waals surface area contributed by atoms with E-state index in [2.05, 4.69) is 5.32 Å². The third-order valence-electron chi connectivity index (χ3n) is 5.80. The van der Waals surface area contributed by atoms with Crippen LogP contribution in [0.5, 0.6) is 0 Å². The number of aromatic nitrogens is 1. The fraction of sp³-hybridized carbons (Fsp3) is 0.381. The van der Waals surface area contributed by atoms with Gasteiger partial charge in [0.15, 0.2) is 5.78 Å². The van der Waals surface area contributed by atoms with E-state index in [0.29, 0.717) is 29.8 Å². The first-order valence-electron chi connectivity index (χ1n) is 9.44. The van der Waals surface area contributed by atoms with E-state index in [1.54, 1.807) is 29.7 Å². The molecule has 2 aromatic rings. The minimum atomic E-state index is -0.824. The van der Waals surface area contributed by atoms with Gasteiger partial charge in [-0.25, -0.2) is 9.18 Å². The van der Waals surface area contributed by atoms with Crippen molar-refractivity contribution < 1.29 is 18.8 Å². The third kappa shape index (κ3) is 2.82. The van der Waals surface area contributed by atoms with Crippen molar-refractivity contribution in [1.29, 1.82) is 0 Å². The molecule has 1 aliphatic carbocycles. The average Bonchev–Trinajstić information content (AvgIpc) is 3.29. The Morgan fingerprint density at radius 3 is 2.57 bits per heavy atom. The third-order valence-corrected chi connectivity index (χ3v) is 5.80. The minimum absolute atomic E-state index is 0.292. The molecule has 7 heteroatoms. The molecule has 1 aromatic heterocycles. The van der Waals surface area contributed by atoms with Crippen molar-refractivity contribution in [3.05, 3.63) is 53.1 Å². The van der Waals surface area contributed by atoms with E-state index in [9.17, 15) is 18.8 Å². The van der Waals surface area contributed by atoms with Gasteiger partial charge in [-0.2, -0.15) is 0 Å². The maximum absolute atomic E-state index is 13.6. The molecule has 1 saturated heterocycles. The lowest BCUT2D eigenvalue weighted by Crippen LogP contribution is -2.44. The number of Topliss-reactive ketones (excluding diaryl/α,β-unsaturated/α-hetero) is 1. The van der Waals surface area contributed by atoms with Crippen LogP contribution in [0.15, 0.2) is 30.3 Å². The summed E-state index contributed by atoms with van der Waals surface area (Å²) in [5.41, 5.74) is 1.64. The molecule has 6 nitrogen and oxygen atoms in total. The first-order chi connectivity index (χ1) is 13.3. The Labute approximate surface area is 162 Å². The number of nitrogens with one attached hydrogen (secondary N) is 1. The number of benzene rings is 1. The molecule has 4 rings (SSSR count). The summed E-state index contributed by atoms with van der Waals surface area (Å²) in [6, 6.07) is 7.35. The topological polar surface area (TPSA) is 71.4 Å². The number of hydrogen-bond acceptors (Lipinski definition) is 3. The summed E-state index contributed by atoms with van der Waals surface area (Å²) in [6.07, 6.45) is 3.03. The van der Waals surface area contributed by atoms with Crippen LogP contribution in [0.2, 0.25) is 0 Å². The molecule has 2 heterocycles. The summed E-state index contributed by atoms with van der Waals surface area (Å²) in [5, 5.41) is 2.79. The lowest BCUT2D eigenvalue weighted by atomic mass is 9.98. The van der Waals surface area contributed by atoms with Crippen molar-refractivity contribution in [2.45, 2.75) is 45.1 Å². The SMILES string of the molecule is Cc1cc(C(=O)CN2C(=O)NC3(CCCC3)C2=O)c(C)n1-c1cccc(F)c1. The van der Waals surface area contributed by atoms with E-state index in [0.717, 1.165) is 23.4 Å². The second kappa shape index (κ2) is 6.58. The van der Waals surface area contributed by atoms with Gasteiger partial charge in [-0.05, 0) is 51.0 Å². The Morgan fingerprint density at radius 2 is 1.89 bits per heavy atom. The number of imide groups is 1. The number of carbonyl (C=O) groups excluding carboxylic acids is 3. The van der Waals surface area contributed by atoms with E-state index < -0.39 is 11.6 Å². The second-order valence-electron chi connectivity index (χ2n) is 7.63. The van der Waals surface area contributed by atoms with Crippen LogP contribution >= 0.6 is 0 Å². The first-order valence-corrected chi connectivity index (χ1v) is 9.44. The van der Waals surface area contributed by atoms with Gasteiger partial charge in [0.2, 0.25) is 0 Å². The molecular weight excluding hydrogens is 361 g/mol. The second-order valence-corrected chi connectivity index (χ2v) is 7.63. The lowest BCUT2D eigenvalue weighted by molar-refractivity contribution is -0.130. The van der Waals surface area contributed by atoms with Crippen molar-refractivity contribution in [2.24, 2.45) is 0 Å². The van der Waals surface area contributed by atoms with Gasteiger partial charge in [0, 0.05) is 22.6 Å². The molecule has 0 bridgehead atoms. The summed E-state index contributed by atoms with van der Waals surface area (Å²) in [6.45, 7) is 3.31. The fourth-order valence-corrected chi connectivity index (χ4v) is 4.42. The van der Waals surface area contributed by atoms with Gasteiger partial charge in [0.25, 0.3) is 5.91 Å². The number of halogens is 1. The van der Waals surface area contributed by atoms with Crippen molar-refractivity contribution >= 4 is 17.7 Å². The summed E-state index contributed by atoms with van der Waals surface area (Å²) < 4.78 is 15.4. The molecule has 0 atom stereocenters. The molecule has 28 heavy (non-hydrogen) atoms. The predicted molar refractivity (Wildman–Crippen MR) is 101 cm³/mol. The van der Waals surface area contributed by atoms with Crippen molar-refractivity contribution in [1.82, 2.24) is 14.8 Å². The Hall–Kier alpha value is -2.96. The Morgan fingerprint density at radius 1 is 1.18 bits per heavy atom. The van der Waals surface area contributed by atoms with Gasteiger partial charge in [-0.15, -0.1) is 0 Å². The maximum Gasteiger partial charge on any atom is 0.325 e. The van der Waals surface area contributed by atoms with Gasteiger partial charge in [-0.1, -0.05) is 18.9 Å². The highest BCUT2D eigenvalue weighted by Gasteiger charge is 2.52. The molecule has 0 unspecified atom stereocenters. The molecule has 1 saturated carbocycles. The van der Waals surface area contributed by atoms with E-state index in [1.807, 2.05) is 6.92 Å². The van der Waals surface area contributed by atoms with E-state index in [4.69, 9.17) is 0 Å². The molecular formula is C21H22FN3O3. The molecule has 2 fully saturated rings. The molecule has 146 valence electrons. The number of nitrogens with zero attached hydrogens (tertiary/aromatic N) is 2. The van der Waals surface area contributed by atoms with Crippen molar-refractivity contribution in [2.75, 3.05) is 6.54 Å². The molecule has 3 amide bonds. The van der Waals surface area contributed by atoms with Gasteiger partial charge < -0.3 is 9.88 Å². The molecule has 1 aliphatic heterocycles. The van der Waals surface area contributed by atoms with Crippen LogP contribution in [-0.4, -0.2) is 39.3 Å². The summed E-state index contributed by atoms with van der Waals surface area (Å²) in [7, 11) is 0. The number of urea groups is 1. The predicted octanol–water partition coefficient (Wildman–Crippen LogP) is 3.28. The van der Waals surface area contributed by atoms with E-state index >= 15 is 0 Å². The molecule has 0 radical (unpaired) electrons. The highest BCUT2D eigenvalue weighted by Crippen LogP contribution is 2.35. The zero-order valence-corrected chi connectivity index (χ0v) is 15.9. The number of rotatable bonds is 4. The maximum atomic E-state index is 13.6. The molecule has 1 spiro atoms. The Kier molecular flexibility index (Phi) is 4.33. The van der Waals surface area contributed by atoms with E-state index in [-0.39, 0.29) is 24.1 Å². The normalized spacial score (nSPS) is 18.2. The number of ketones is 1. The van der Waals surface area contributed by atoms with Crippen molar-refractivity contribution in [3.63, 3.8) is 0 Å². The van der Waals surface area contributed by atoms with Gasteiger partial charge >= 0.3 is 6.03 Å². The van der Waals surface area contributed by atoms with Gasteiger partial charge in [0.05, 0.1) is 6.54 Å². The molecule has 1 aromatic carbocycles. The number of amides is 3. The monoisotopic (exact) mass is 383 g/mol. The zero-order valence-electron chi connectivity index (χ0n) is 15.9. The highest BCUT2D eigenvalue weighted by atomic mass is 19.1. The van der Waals surface area contributed by atoms with Crippen molar-refractivity contribution in [3.8, 4) is 5.69 Å². The van der Waals surface area contributed by atoms with E-state index in [1.165, 1.54) is 12.1 Å². The first kappa shape index (κ1) is 18.4.